The van der Waals surface area contributed by atoms with Crippen LogP contribution in [0.15, 0.2) is 94.7 Å². The van der Waals surface area contributed by atoms with E-state index in [2.05, 4.69) is 28.8 Å². The number of nitrogens with two attached hydrogens (primary N) is 1. The molecule has 6 nitrogen and oxygen atoms in total. The van der Waals surface area contributed by atoms with E-state index in [0.29, 0.717) is 23.0 Å². The predicted molar refractivity (Wildman–Crippen MR) is 162 cm³/mol. The molecule has 0 spiro atoms. The molecule has 1 aromatic heterocycles. The van der Waals surface area contributed by atoms with Gasteiger partial charge in [-0.3, -0.25) is 4.72 Å². The number of hydrogen-bond donors (Lipinski definition) is 2. The van der Waals surface area contributed by atoms with Gasteiger partial charge in [0.1, 0.15) is 28.1 Å². The number of sulfonamides is 1. The third kappa shape index (κ3) is 6.13. The number of nitrogen functional groups attached to an aromatic ring is 1. The fraction of sp³-hybridized carbons (Fsp3) is 0.129. The number of ether oxygens (including phenoxy) is 1. The Bertz CT molecular complexity index is 1850. The molecular formula is C31H27F2N3O3S2. The second-order valence-electron chi connectivity index (χ2n) is 9.11. The zero-order valence-electron chi connectivity index (χ0n) is 22.3. The summed E-state index contributed by atoms with van der Waals surface area (Å²) >= 11 is 1.76. The van der Waals surface area contributed by atoms with Crippen molar-refractivity contribution in [3.05, 3.63) is 96.6 Å². The van der Waals surface area contributed by atoms with Gasteiger partial charge in [-0.2, -0.15) is 0 Å². The maximum absolute atomic E-state index is 14.3. The standard InChI is InChI=1S/C31H27F2N3O3S2/c1-3-39-29-13-8-21(17-28(29)36-41(37,38)30-14-9-23(32)18-26(30)33)20-7-12-27-22(15-20)16-25(31(34)35-27)19-5-10-24(11-6-19)40-4-2/h5-18,36H,3-4H2,1-2H3,(H2,34,35). The summed E-state index contributed by atoms with van der Waals surface area (Å²) in [6.45, 7) is 4.15. The molecule has 5 aromatic rings. The Labute approximate surface area is 241 Å². The van der Waals surface area contributed by atoms with Gasteiger partial charge >= 0.3 is 0 Å². The molecule has 210 valence electrons. The van der Waals surface area contributed by atoms with Crippen LogP contribution < -0.4 is 15.2 Å². The molecule has 0 saturated heterocycles. The van der Waals surface area contributed by atoms with Gasteiger partial charge in [0.25, 0.3) is 10.0 Å². The molecule has 41 heavy (non-hydrogen) atoms. The number of nitrogens with one attached hydrogen (secondary N) is 1. The van der Waals surface area contributed by atoms with Crippen molar-refractivity contribution in [3.8, 4) is 28.0 Å². The minimum absolute atomic E-state index is 0.120. The maximum atomic E-state index is 14.3. The lowest BCUT2D eigenvalue weighted by Gasteiger charge is -2.15. The van der Waals surface area contributed by atoms with Crippen LogP contribution in [0, 0.1) is 11.6 Å². The lowest BCUT2D eigenvalue weighted by atomic mass is 10.00. The van der Waals surface area contributed by atoms with Gasteiger partial charge in [-0.25, -0.2) is 22.2 Å². The molecule has 0 aliphatic rings. The van der Waals surface area contributed by atoms with Crippen molar-refractivity contribution in [1.29, 1.82) is 0 Å². The lowest BCUT2D eigenvalue weighted by Crippen LogP contribution is -2.15. The summed E-state index contributed by atoms with van der Waals surface area (Å²) in [6.07, 6.45) is 0. The summed E-state index contributed by atoms with van der Waals surface area (Å²) in [6, 6.07) is 23.2. The van der Waals surface area contributed by atoms with E-state index >= 15 is 0 Å². The molecule has 0 bridgehead atoms. The molecule has 0 aliphatic carbocycles. The predicted octanol–water partition coefficient (Wildman–Crippen LogP) is 7.74. The minimum atomic E-state index is -4.38. The molecule has 0 radical (unpaired) electrons. The largest absolute Gasteiger partial charge is 0.492 e. The van der Waals surface area contributed by atoms with Gasteiger partial charge in [0.05, 0.1) is 17.8 Å². The van der Waals surface area contributed by atoms with Gasteiger partial charge in [-0.05, 0) is 84.0 Å². The number of halogens is 2. The van der Waals surface area contributed by atoms with E-state index in [9.17, 15) is 17.2 Å². The molecular weight excluding hydrogens is 564 g/mol. The smallest absolute Gasteiger partial charge is 0.264 e. The quantitative estimate of drug-likeness (QED) is 0.170. The number of aromatic nitrogens is 1. The van der Waals surface area contributed by atoms with Crippen LogP contribution in [0.25, 0.3) is 33.2 Å². The fourth-order valence-corrected chi connectivity index (χ4v) is 6.25. The highest BCUT2D eigenvalue weighted by Gasteiger charge is 2.22. The van der Waals surface area contributed by atoms with E-state index in [4.69, 9.17) is 10.5 Å². The van der Waals surface area contributed by atoms with Crippen molar-refractivity contribution in [3.63, 3.8) is 0 Å². The van der Waals surface area contributed by atoms with Crippen molar-refractivity contribution in [1.82, 2.24) is 4.98 Å². The Hall–Kier alpha value is -4.15. The average molecular weight is 592 g/mol. The molecule has 1 heterocycles. The molecule has 0 amide bonds. The van der Waals surface area contributed by atoms with Gasteiger partial charge in [0.2, 0.25) is 0 Å². The molecule has 0 fully saturated rings. The molecule has 0 aliphatic heterocycles. The summed E-state index contributed by atoms with van der Waals surface area (Å²) in [7, 11) is -4.38. The summed E-state index contributed by atoms with van der Waals surface area (Å²) in [5.74, 6) is -0.389. The summed E-state index contributed by atoms with van der Waals surface area (Å²) in [4.78, 5) is 5.10. The number of rotatable bonds is 9. The van der Waals surface area contributed by atoms with Crippen LogP contribution in [0.2, 0.25) is 0 Å². The first-order valence-corrected chi connectivity index (χ1v) is 15.3. The molecule has 10 heteroatoms. The van der Waals surface area contributed by atoms with Crippen molar-refractivity contribution in [2.45, 2.75) is 23.6 Å². The zero-order chi connectivity index (χ0) is 29.1. The molecule has 3 N–H and O–H groups in total. The van der Waals surface area contributed by atoms with Crippen molar-refractivity contribution < 1.29 is 21.9 Å². The van der Waals surface area contributed by atoms with E-state index in [1.807, 2.05) is 36.4 Å². The van der Waals surface area contributed by atoms with E-state index in [0.717, 1.165) is 40.0 Å². The monoisotopic (exact) mass is 591 g/mol. The van der Waals surface area contributed by atoms with Gasteiger partial charge in [0, 0.05) is 21.9 Å². The Kier molecular flexibility index (Phi) is 8.14. The molecule has 0 unspecified atom stereocenters. The van der Waals surface area contributed by atoms with Crippen LogP contribution in [0.1, 0.15) is 13.8 Å². The molecule has 5 rings (SSSR count). The number of anilines is 2. The molecule has 4 aromatic carbocycles. The van der Waals surface area contributed by atoms with Crippen LogP contribution in [0.5, 0.6) is 5.75 Å². The van der Waals surface area contributed by atoms with Crippen LogP contribution >= 0.6 is 11.8 Å². The Morgan fingerprint density at radius 2 is 1.59 bits per heavy atom. The highest BCUT2D eigenvalue weighted by molar-refractivity contribution is 7.99. The highest BCUT2D eigenvalue weighted by Crippen LogP contribution is 2.36. The number of nitrogens with zero attached hydrogens (tertiary/aromatic N) is 1. The van der Waals surface area contributed by atoms with Crippen molar-refractivity contribution >= 4 is 44.2 Å². The lowest BCUT2D eigenvalue weighted by molar-refractivity contribution is 0.342. The second-order valence-corrected chi connectivity index (χ2v) is 12.1. The van der Waals surface area contributed by atoms with Crippen LogP contribution in [0.4, 0.5) is 20.3 Å². The highest BCUT2D eigenvalue weighted by atomic mass is 32.2. The van der Waals surface area contributed by atoms with E-state index in [1.165, 1.54) is 4.90 Å². The average Bonchev–Trinajstić information content (AvgIpc) is 2.94. The minimum Gasteiger partial charge on any atom is -0.492 e. The molecule has 0 saturated carbocycles. The van der Waals surface area contributed by atoms with Crippen molar-refractivity contribution in [2.75, 3.05) is 22.8 Å². The molecule has 0 atom stereocenters. The summed E-state index contributed by atoms with van der Waals surface area (Å²) in [5.41, 5.74) is 10.4. The van der Waals surface area contributed by atoms with E-state index in [1.54, 1.807) is 36.9 Å². The van der Waals surface area contributed by atoms with Crippen LogP contribution in [-0.4, -0.2) is 25.8 Å². The Morgan fingerprint density at radius 1 is 0.878 bits per heavy atom. The van der Waals surface area contributed by atoms with E-state index < -0.39 is 26.6 Å². The topological polar surface area (TPSA) is 94.3 Å². The van der Waals surface area contributed by atoms with Crippen LogP contribution in [-0.2, 0) is 10.0 Å². The Balaban J connectivity index is 1.53. The number of fused-ring (bicyclic) bond motifs is 1. The van der Waals surface area contributed by atoms with E-state index in [-0.39, 0.29) is 18.0 Å². The van der Waals surface area contributed by atoms with Crippen LogP contribution in [0.3, 0.4) is 0 Å². The Morgan fingerprint density at radius 3 is 2.29 bits per heavy atom. The summed E-state index contributed by atoms with van der Waals surface area (Å²) in [5, 5.41) is 0.850. The summed E-state index contributed by atoms with van der Waals surface area (Å²) < 4.78 is 61.8. The zero-order valence-corrected chi connectivity index (χ0v) is 24.0. The first-order chi connectivity index (χ1) is 19.7. The maximum Gasteiger partial charge on any atom is 0.264 e. The third-order valence-corrected chi connectivity index (χ3v) is 8.65. The SMILES string of the molecule is CCOc1ccc(-c2ccc3nc(N)c(-c4ccc(SCC)cc4)cc3c2)cc1NS(=O)(=O)c1ccc(F)cc1F. The number of benzene rings is 4. The van der Waals surface area contributed by atoms with Gasteiger partial charge in [-0.1, -0.05) is 31.2 Å². The first kappa shape index (κ1) is 28.4. The van der Waals surface area contributed by atoms with Gasteiger partial charge in [-0.15, -0.1) is 11.8 Å². The van der Waals surface area contributed by atoms with Crippen molar-refractivity contribution in [2.24, 2.45) is 0 Å². The van der Waals surface area contributed by atoms with Gasteiger partial charge < -0.3 is 10.5 Å². The fourth-order valence-electron chi connectivity index (χ4n) is 4.46. The third-order valence-electron chi connectivity index (χ3n) is 6.36. The van der Waals surface area contributed by atoms with Gasteiger partial charge in [0.15, 0.2) is 0 Å². The number of pyridine rings is 1. The normalized spacial score (nSPS) is 11.5. The second kappa shape index (κ2) is 11.8. The first-order valence-electron chi connectivity index (χ1n) is 12.9. The number of hydrogen-bond acceptors (Lipinski definition) is 6. The number of thioether (sulfide) groups is 1.